The molecule has 6 atom stereocenters. The zero-order valence-electron chi connectivity index (χ0n) is 17.4. The molecule has 0 spiro atoms. The van der Waals surface area contributed by atoms with Crippen molar-refractivity contribution < 1.29 is 23.9 Å². The maximum absolute atomic E-state index is 12.9. The summed E-state index contributed by atoms with van der Waals surface area (Å²) in [5.41, 5.74) is 0. The Morgan fingerprint density at radius 1 is 0.655 bits per heavy atom. The van der Waals surface area contributed by atoms with Crippen LogP contribution >= 0.6 is 0 Å². The quantitative estimate of drug-likeness (QED) is 0.659. The van der Waals surface area contributed by atoms with Crippen molar-refractivity contribution in [2.75, 3.05) is 0 Å². The second kappa shape index (κ2) is 8.03. The maximum Gasteiger partial charge on any atom is 0.309 e. The Morgan fingerprint density at radius 3 is 1.72 bits per heavy atom. The third-order valence-corrected chi connectivity index (χ3v) is 8.66. The highest BCUT2D eigenvalue weighted by Crippen LogP contribution is 2.59. The van der Waals surface area contributed by atoms with Gasteiger partial charge in [-0.05, 0) is 44.4 Å². The van der Waals surface area contributed by atoms with Gasteiger partial charge < -0.3 is 9.47 Å². The first-order valence-electron chi connectivity index (χ1n) is 12.1. The molecule has 0 heterocycles. The molecule has 5 rings (SSSR count). The van der Waals surface area contributed by atoms with Gasteiger partial charge in [-0.25, -0.2) is 0 Å². The number of ketones is 1. The molecule has 5 fully saturated rings. The van der Waals surface area contributed by atoms with Crippen LogP contribution < -0.4 is 0 Å². The lowest BCUT2D eigenvalue weighted by Crippen LogP contribution is -2.48. The van der Waals surface area contributed by atoms with E-state index in [2.05, 4.69) is 0 Å². The van der Waals surface area contributed by atoms with Crippen LogP contribution in [0.3, 0.4) is 0 Å². The van der Waals surface area contributed by atoms with Gasteiger partial charge in [0.25, 0.3) is 0 Å². The molecule has 5 aliphatic rings. The van der Waals surface area contributed by atoms with E-state index in [0.717, 1.165) is 64.2 Å². The number of Topliss-reactive ketones (excluding diaryl/α,β-unsaturated/α-hetero) is 1. The molecule has 5 nitrogen and oxygen atoms in total. The Hall–Kier alpha value is -1.39. The maximum atomic E-state index is 12.9. The molecule has 0 aliphatic heterocycles. The Morgan fingerprint density at radius 2 is 1.17 bits per heavy atom. The van der Waals surface area contributed by atoms with Gasteiger partial charge in [0.2, 0.25) is 0 Å². The largest absolute Gasteiger partial charge is 0.458 e. The van der Waals surface area contributed by atoms with Gasteiger partial charge in [-0.2, -0.15) is 0 Å². The highest BCUT2D eigenvalue weighted by atomic mass is 16.6. The van der Waals surface area contributed by atoms with E-state index in [9.17, 15) is 14.4 Å². The summed E-state index contributed by atoms with van der Waals surface area (Å²) in [5.74, 6) is 0.675. The molecule has 0 N–H and O–H groups in total. The third kappa shape index (κ3) is 3.53. The van der Waals surface area contributed by atoms with Crippen LogP contribution in [0.2, 0.25) is 0 Å². The first kappa shape index (κ1) is 19.6. The number of esters is 2. The van der Waals surface area contributed by atoms with Gasteiger partial charge in [-0.3, -0.25) is 14.4 Å². The number of ether oxygens (including phenoxy) is 2. The van der Waals surface area contributed by atoms with E-state index in [1.807, 2.05) is 0 Å². The van der Waals surface area contributed by atoms with Crippen molar-refractivity contribution in [2.24, 2.45) is 35.5 Å². The van der Waals surface area contributed by atoms with E-state index in [0.29, 0.717) is 18.1 Å². The van der Waals surface area contributed by atoms with Gasteiger partial charge in [0.1, 0.15) is 18.0 Å². The molecule has 0 saturated heterocycles. The molecule has 5 saturated carbocycles. The topological polar surface area (TPSA) is 69.7 Å². The highest BCUT2D eigenvalue weighted by Gasteiger charge is 2.64. The number of carbonyl (C=O) groups is 3. The molecule has 160 valence electrons. The van der Waals surface area contributed by atoms with Crippen LogP contribution in [-0.4, -0.2) is 29.9 Å². The lowest BCUT2D eigenvalue weighted by atomic mass is 9.78. The van der Waals surface area contributed by atoms with Crippen molar-refractivity contribution in [1.82, 2.24) is 0 Å². The fraction of sp³-hybridized carbons (Fsp3) is 0.875. The van der Waals surface area contributed by atoms with Gasteiger partial charge >= 0.3 is 11.9 Å². The van der Waals surface area contributed by atoms with Crippen molar-refractivity contribution in [1.29, 1.82) is 0 Å². The highest BCUT2D eigenvalue weighted by molar-refractivity contribution is 5.85. The summed E-state index contributed by atoms with van der Waals surface area (Å²) in [6.07, 6.45) is 12.0. The van der Waals surface area contributed by atoms with Crippen molar-refractivity contribution in [2.45, 2.75) is 95.7 Å². The zero-order chi connectivity index (χ0) is 20.0. The lowest BCUT2D eigenvalue weighted by molar-refractivity contribution is -0.183. The minimum Gasteiger partial charge on any atom is -0.458 e. The van der Waals surface area contributed by atoms with E-state index in [-0.39, 0.29) is 47.6 Å². The fourth-order valence-electron chi connectivity index (χ4n) is 7.22. The average Bonchev–Trinajstić information content (AvgIpc) is 3.42. The van der Waals surface area contributed by atoms with Crippen LogP contribution in [0.5, 0.6) is 0 Å². The van der Waals surface area contributed by atoms with Crippen molar-refractivity contribution in [3.05, 3.63) is 0 Å². The summed E-state index contributed by atoms with van der Waals surface area (Å²) >= 11 is 0. The van der Waals surface area contributed by atoms with Crippen LogP contribution in [-0.2, 0) is 23.9 Å². The number of hydrogen-bond acceptors (Lipinski definition) is 5. The van der Waals surface area contributed by atoms with Gasteiger partial charge in [0.05, 0.1) is 11.8 Å². The number of carbonyl (C=O) groups excluding carboxylic acids is 3. The predicted molar refractivity (Wildman–Crippen MR) is 106 cm³/mol. The second-order valence-electron chi connectivity index (χ2n) is 10.2. The average molecular weight is 403 g/mol. The number of fused-ring (bicyclic) bond motifs is 5. The molecule has 5 aliphatic carbocycles. The van der Waals surface area contributed by atoms with Gasteiger partial charge in [-0.15, -0.1) is 0 Å². The van der Waals surface area contributed by atoms with Crippen LogP contribution in [0.15, 0.2) is 0 Å². The van der Waals surface area contributed by atoms with Crippen LogP contribution in [0.25, 0.3) is 0 Å². The fourth-order valence-corrected chi connectivity index (χ4v) is 7.22. The molecule has 0 radical (unpaired) electrons. The molecular formula is C24H34O5. The molecule has 0 aromatic rings. The first-order chi connectivity index (χ1) is 14.1. The smallest absolute Gasteiger partial charge is 0.309 e. The third-order valence-electron chi connectivity index (χ3n) is 8.66. The molecule has 0 amide bonds. The second-order valence-corrected chi connectivity index (χ2v) is 10.2. The lowest BCUT2D eigenvalue weighted by Gasteiger charge is -2.38. The minimum atomic E-state index is -0.412. The Labute approximate surface area is 173 Å². The Balaban J connectivity index is 1.32. The monoisotopic (exact) mass is 402 g/mol. The Bertz CT molecular complexity index is 660. The van der Waals surface area contributed by atoms with Crippen LogP contribution in [0, 0.1) is 35.5 Å². The van der Waals surface area contributed by atoms with Crippen LogP contribution in [0.1, 0.15) is 83.5 Å². The predicted octanol–water partition coefficient (Wildman–Crippen LogP) is 4.22. The van der Waals surface area contributed by atoms with E-state index >= 15 is 0 Å². The SMILES string of the molecule is O=C(OC1C2C[C@H](C3CCC(=O)C23)C1OC(=O)C1CCCCC1)C1CCCCC1. The number of hydrogen-bond donors (Lipinski definition) is 0. The minimum absolute atomic E-state index is 0.00132. The first-order valence-corrected chi connectivity index (χ1v) is 12.1. The normalized spacial score (nSPS) is 40.1. The van der Waals surface area contributed by atoms with Gasteiger partial charge in [0.15, 0.2) is 0 Å². The molecule has 0 aromatic heterocycles. The summed E-state index contributed by atoms with van der Waals surface area (Å²) in [4.78, 5) is 38.3. The standard InChI is InChI=1S/C24H34O5/c25-19-12-11-16-17-13-18(20(16)19)22(29-24(27)15-9-5-2-6-10-15)21(17)28-23(26)14-7-3-1-4-8-14/h14-18,20-22H,1-13H2/t16?,17-,18?,20?,21?,22?/m1/s1. The van der Waals surface area contributed by atoms with Crippen molar-refractivity contribution >= 4 is 17.7 Å². The molecule has 2 bridgehead atoms. The van der Waals surface area contributed by atoms with Crippen molar-refractivity contribution in [3.8, 4) is 0 Å². The summed E-state index contributed by atoms with van der Waals surface area (Å²) in [6, 6.07) is 0. The molecule has 5 heteroatoms. The summed E-state index contributed by atoms with van der Waals surface area (Å²) < 4.78 is 12.2. The molecule has 5 unspecified atom stereocenters. The van der Waals surface area contributed by atoms with Crippen molar-refractivity contribution in [3.63, 3.8) is 0 Å². The summed E-state index contributed by atoms with van der Waals surface area (Å²) in [7, 11) is 0. The zero-order valence-corrected chi connectivity index (χ0v) is 17.4. The van der Waals surface area contributed by atoms with E-state index < -0.39 is 6.10 Å². The Kier molecular flexibility index (Phi) is 5.42. The van der Waals surface area contributed by atoms with E-state index in [1.54, 1.807) is 0 Å². The molecule has 0 aromatic carbocycles. The van der Waals surface area contributed by atoms with Gasteiger partial charge in [-0.1, -0.05) is 38.5 Å². The molecule has 29 heavy (non-hydrogen) atoms. The van der Waals surface area contributed by atoms with E-state index in [1.165, 1.54) is 12.8 Å². The molecular weight excluding hydrogens is 368 g/mol. The van der Waals surface area contributed by atoms with Crippen LogP contribution in [0.4, 0.5) is 0 Å². The van der Waals surface area contributed by atoms with Gasteiger partial charge in [0, 0.05) is 24.2 Å². The number of rotatable bonds is 4. The summed E-state index contributed by atoms with van der Waals surface area (Å²) in [5, 5.41) is 0. The summed E-state index contributed by atoms with van der Waals surface area (Å²) in [6.45, 7) is 0. The van der Waals surface area contributed by atoms with E-state index in [4.69, 9.17) is 9.47 Å².